The van der Waals surface area contributed by atoms with Gasteiger partial charge in [0.15, 0.2) is 6.61 Å². The Bertz CT molecular complexity index is 683. The lowest BCUT2D eigenvalue weighted by Gasteiger charge is -2.29. The van der Waals surface area contributed by atoms with Gasteiger partial charge in [-0.15, -0.1) is 0 Å². The molecule has 1 fully saturated rings. The standard InChI is InChI=1S/C18H29N3O4S/c1-4-14(2)20-26(23,24)17-7-5-16(6-8-17)25-13-18(22)19-15-9-11-21(3)12-10-15/h5-8,14-15,20H,4,9-13H2,1-3H3,(H,19,22)/t14-/m0/s1. The lowest BCUT2D eigenvalue weighted by atomic mass is 10.1. The molecule has 0 saturated carbocycles. The number of rotatable bonds is 8. The highest BCUT2D eigenvalue weighted by Gasteiger charge is 2.19. The summed E-state index contributed by atoms with van der Waals surface area (Å²) in [6, 6.07) is 6.16. The highest BCUT2D eigenvalue weighted by atomic mass is 32.2. The Labute approximate surface area is 156 Å². The van der Waals surface area contributed by atoms with Crippen molar-refractivity contribution in [2.24, 2.45) is 0 Å². The highest BCUT2D eigenvalue weighted by molar-refractivity contribution is 7.89. The van der Waals surface area contributed by atoms with Gasteiger partial charge in [-0.1, -0.05) is 6.92 Å². The Morgan fingerprint density at radius 2 is 1.88 bits per heavy atom. The monoisotopic (exact) mass is 383 g/mol. The maximum atomic E-state index is 12.2. The fourth-order valence-electron chi connectivity index (χ4n) is 2.70. The molecular weight excluding hydrogens is 354 g/mol. The predicted octanol–water partition coefficient (Wildman–Crippen LogP) is 1.35. The second-order valence-electron chi connectivity index (χ2n) is 6.84. The van der Waals surface area contributed by atoms with E-state index in [1.54, 1.807) is 12.1 Å². The SMILES string of the molecule is CC[C@H](C)NS(=O)(=O)c1ccc(OCC(=O)NC2CCN(C)CC2)cc1. The average molecular weight is 384 g/mol. The molecule has 8 heteroatoms. The lowest BCUT2D eigenvalue weighted by Crippen LogP contribution is -2.44. The van der Waals surface area contributed by atoms with E-state index in [4.69, 9.17) is 4.74 Å². The number of sulfonamides is 1. The van der Waals surface area contributed by atoms with Crippen molar-refractivity contribution >= 4 is 15.9 Å². The number of piperidine rings is 1. The zero-order valence-corrected chi connectivity index (χ0v) is 16.5. The zero-order valence-electron chi connectivity index (χ0n) is 15.7. The van der Waals surface area contributed by atoms with Crippen LogP contribution in [-0.4, -0.2) is 58.1 Å². The molecule has 1 aliphatic heterocycles. The smallest absolute Gasteiger partial charge is 0.258 e. The summed E-state index contributed by atoms with van der Waals surface area (Å²) >= 11 is 0. The lowest BCUT2D eigenvalue weighted by molar-refractivity contribution is -0.124. The van der Waals surface area contributed by atoms with E-state index in [2.05, 4.69) is 22.0 Å². The van der Waals surface area contributed by atoms with E-state index in [1.165, 1.54) is 12.1 Å². The molecule has 1 amide bonds. The van der Waals surface area contributed by atoms with E-state index in [0.717, 1.165) is 25.9 Å². The summed E-state index contributed by atoms with van der Waals surface area (Å²) in [5, 5.41) is 2.98. The van der Waals surface area contributed by atoms with Crippen LogP contribution in [-0.2, 0) is 14.8 Å². The molecule has 1 aromatic carbocycles. The number of ether oxygens (including phenoxy) is 1. The van der Waals surface area contributed by atoms with E-state index in [1.807, 2.05) is 13.8 Å². The molecule has 7 nitrogen and oxygen atoms in total. The Balaban J connectivity index is 1.82. The number of nitrogens with zero attached hydrogens (tertiary/aromatic N) is 1. The molecule has 1 saturated heterocycles. The van der Waals surface area contributed by atoms with Crippen LogP contribution >= 0.6 is 0 Å². The van der Waals surface area contributed by atoms with E-state index in [-0.39, 0.29) is 29.5 Å². The van der Waals surface area contributed by atoms with Crippen molar-refractivity contribution in [3.05, 3.63) is 24.3 Å². The average Bonchev–Trinajstić information content (AvgIpc) is 2.62. The minimum absolute atomic E-state index is 0.0798. The molecule has 1 aliphatic rings. The van der Waals surface area contributed by atoms with Crippen molar-refractivity contribution in [2.75, 3.05) is 26.7 Å². The molecule has 26 heavy (non-hydrogen) atoms. The van der Waals surface area contributed by atoms with Crippen LogP contribution in [0.4, 0.5) is 0 Å². The molecule has 0 aliphatic carbocycles. The molecule has 146 valence electrons. The van der Waals surface area contributed by atoms with Crippen LogP contribution in [0, 0.1) is 0 Å². The Morgan fingerprint density at radius 1 is 1.27 bits per heavy atom. The number of amides is 1. The van der Waals surface area contributed by atoms with Crippen LogP contribution in [0.15, 0.2) is 29.2 Å². The topological polar surface area (TPSA) is 87.7 Å². The number of hydrogen-bond donors (Lipinski definition) is 2. The number of carbonyl (C=O) groups is 1. The van der Waals surface area contributed by atoms with Crippen LogP contribution in [0.5, 0.6) is 5.75 Å². The summed E-state index contributed by atoms with van der Waals surface area (Å²) in [6.07, 6.45) is 2.60. The molecule has 1 atom stereocenters. The van der Waals surface area contributed by atoms with Crippen molar-refractivity contribution in [2.45, 2.75) is 50.1 Å². The van der Waals surface area contributed by atoms with Crippen LogP contribution in [0.25, 0.3) is 0 Å². The molecule has 0 bridgehead atoms. The first-order valence-electron chi connectivity index (χ1n) is 9.03. The summed E-state index contributed by atoms with van der Waals surface area (Å²) in [5.74, 6) is 0.306. The van der Waals surface area contributed by atoms with Crippen molar-refractivity contribution < 1.29 is 17.9 Å². The first kappa shape index (κ1) is 20.7. The molecule has 2 rings (SSSR count). The molecule has 0 radical (unpaired) electrons. The van der Waals surface area contributed by atoms with Gasteiger partial charge in [0.05, 0.1) is 4.90 Å². The molecule has 1 aromatic rings. The van der Waals surface area contributed by atoms with Gasteiger partial charge in [-0.05, 0) is 70.6 Å². The summed E-state index contributed by atoms with van der Waals surface area (Å²) in [4.78, 5) is 14.4. The Morgan fingerprint density at radius 3 is 2.46 bits per heavy atom. The maximum Gasteiger partial charge on any atom is 0.258 e. The van der Waals surface area contributed by atoms with Gasteiger partial charge < -0.3 is 15.0 Å². The highest BCUT2D eigenvalue weighted by Crippen LogP contribution is 2.16. The fraction of sp³-hybridized carbons (Fsp3) is 0.611. The second-order valence-corrected chi connectivity index (χ2v) is 8.55. The van der Waals surface area contributed by atoms with Gasteiger partial charge in [-0.3, -0.25) is 4.79 Å². The summed E-state index contributed by atoms with van der Waals surface area (Å²) < 4.78 is 32.5. The fourth-order valence-corrected chi connectivity index (χ4v) is 4.03. The van der Waals surface area contributed by atoms with Crippen LogP contribution in [0.2, 0.25) is 0 Å². The molecule has 2 N–H and O–H groups in total. The Hall–Kier alpha value is -1.64. The normalized spacial score (nSPS) is 17.7. The van der Waals surface area contributed by atoms with Crippen LogP contribution in [0.1, 0.15) is 33.1 Å². The van der Waals surface area contributed by atoms with E-state index >= 15 is 0 Å². The third-order valence-corrected chi connectivity index (χ3v) is 6.16. The van der Waals surface area contributed by atoms with Crippen LogP contribution in [0.3, 0.4) is 0 Å². The van der Waals surface area contributed by atoms with Crippen molar-refractivity contribution in [3.63, 3.8) is 0 Å². The molecule has 1 heterocycles. The van der Waals surface area contributed by atoms with E-state index in [9.17, 15) is 13.2 Å². The van der Waals surface area contributed by atoms with Crippen molar-refractivity contribution in [3.8, 4) is 5.75 Å². The van der Waals surface area contributed by atoms with Gasteiger partial charge >= 0.3 is 0 Å². The van der Waals surface area contributed by atoms with E-state index in [0.29, 0.717) is 12.2 Å². The first-order valence-corrected chi connectivity index (χ1v) is 10.5. The number of hydrogen-bond acceptors (Lipinski definition) is 5. The quantitative estimate of drug-likeness (QED) is 0.708. The Kier molecular flexibility index (Phi) is 7.43. The number of carbonyl (C=O) groups excluding carboxylic acids is 1. The summed E-state index contributed by atoms with van der Waals surface area (Å²) in [5.41, 5.74) is 0. The summed E-state index contributed by atoms with van der Waals surface area (Å²) in [6.45, 7) is 5.61. The predicted molar refractivity (Wildman–Crippen MR) is 101 cm³/mol. The summed E-state index contributed by atoms with van der Waals surface area (Å²) in [7, 11) is -1.46. The molecule has 0 aromatic heterocycles. The van der Waals surface area contributed by atoms with Gasteiger partial charge in [0, 0.05) is 12.1 Å². The number of nitrogens with one attached hydrogen (secondary N) is 2. The minimum Gasteiger partial charge on any atom is -0.484 e. The minimum atomic E-state index is -3.53. The number of likely N-dealkylation sites (tertiary alicyclic amines) is 1. The zero-order chi connectivity index (χ0) is 19.2. The molecule has 0 spiro atoms. The van der Waals surface area contributed by atoms with Crippen molar-refractivity contribution in [1.29, 1.82) is 0 Å². The van der Waals surface area contributed by atoms with Crippen molar-refractivity contribution in [1.82, 2.24) is 14.9 Å². The second kappa shape index (κ2) is 9.34. The third kappa shape index (κ3) is 6.26. The maximum absolute atomic E-state index is 12.2. The molecular formula is C18H29N3O4S. The largest absolute Gasteiger partial charge is 0.484 e. The third-order valence-electron chi connectivity index (χ3n) is 4.56. The molecule has 0 unspecified atom stereocenters. The van der Waals surface area contributed by atoms with Gasteiger partial charge in [0.2, 0.25) is 10.0 Å². The van der Waals surface area contributed by atoms with Gasteiger partial charge in [-0.25, -0.2) is 13.1 Å². The number of benzene rings is 1. The van der Waals surface area contributed by atoms with E-state index < -0.39 is 10.0 Å². The van der Waals surface area contributed by atoms with Gasteiger partial charge in [0.25, 0.3) is 5.91 Å². The van der Waals surface area contributed by atoms with Crippen LogP contribution < -0.4 is 14.8 Å². The first-order chi connectivity index (χ1) is 12.3. The van der Waals surface area contributed by atoms with Gasteiger partial charge in [-0.2, -0.15) is 0 Å². The van der Waals surface area contributed by atoms with Gasteiger partial charge in [0.1, 0.15) is 5.75 Å².